The van der Waals surface area contributed by atoms with Crippen molar-refractivity contribution < 1.29 is 23.9 Å². The second-order valence-electron chi connectivity index (χ2n) is 9.69. The van der Waals surface area contributed by atoms with E-state index in [-0.39, 0.29) is 23.6 Å². The number of likely N-dealkylation sites (tertiary alicyclic amines) is 1. The maximum Gasteiger partial charge on any atom is 0.254 e. The van der Waals surface area contributed by atoms with Crippen molar-refractivity contribution in [2.24, 2.45) is 5.92 Å². The van der Waals surface area contributed by atoms with Crippen LogP contribution in [0.2, 0.25) is 0 Å². The molecule has 0 saturated carbocycles. The lowest BCUT2D eigenvalue weighted by Crippen LogP contribution is -2.54. The third-order valence-electron chi connectivity index (χ3n) is 7.00. The molecule has 0 radical (unpaired) electrons. The van der Waals surface area contributed by atoms with E-state index in [9.17, 15) is 14.4 Å². The first-order valence-corrected chi connectivity index (χ1v) is 12.5. The van der Waals surface area contributed by atoms with Crippen molar-refractivity contribution in [1.29, 1.82) is 0 Å². The Balaban J connectivity index is 1.35. The SMILES string of the molecule is COc1cc(OC)cc(C(=O)N2CCN(C(=O)C3CCCN(C(=O)c4cc(C)cc(C)c4)C3)CC2)c1. The molecule has 0 aliphatic carbocycles. The van der Waals surface area contributed by atoms with Crippen molar-refractivity contribution in [2.75, 3.05) is 53.5 Å². The van der Waals surface area contributed by atoms with Gasteiger partial charge in [-0.05, 0) is 51.0 Å². The van der Waals surface area contributed by atoms with Crippen LogP contribution in [0, 0.1) is 19.8 Å². The first-order valence-electron chi connectivity index (χ1n) is 12.5. The third kappa shape index (κ3) is 5.64. The number of hydrogen-bond acceptors (Lipinski definition) is 5. The van der Waals surface area contributed by atoms with Gasteiger partial charge in [0.25, 0.3) is 11.8 Å². The normalized spacial score (nSPS) is 18.1. The molecule has 2 fully saturated rings. The van der Waals surface area contributed by atoms with Gasteiger partial charge in [0.1, 0.15) is 11.5 Å². The minimum absolute atomic E-state index is 0.0107. The summed E-state index contributed by atoms with van der Waals surface area (Å²) in [6.07, 6.45) is 1.58. The average molecular weight is 494 g/mol. The maximum atomic E-state index is 13.3. The van der Waals surface area contributed by atoms with Crippen LogP contribution in [0.25, 0.3) is 0 Å². The Morgan fingerprint density at radius 2 is 1.22 bits per heavy atom. The Morgan fingerprint density at radius 3 is 1.81 bits per heavy atom. The Morgan fingerprint density at radius 1 is 0.694 bits per heavy atom. The summed E-state index contributed by atoms with van der Waals surface area (Å²) < 4.78 is 10.6. The van der Waals surface area contributed by atoms with Crippen molar-refractivity contribution >= 4 is 17.7 Å². The number of ether oxygens (including phenoxy) is 2. The van der Waals surface area contributed by atoms with Crippen LogP contribution in [0.4, 0.5) is 0 Å². The zero-order valence-electron chi connectivity index (χ0n) is 21.6. The molecule has 8 nitrogen and oxygen atoms in total. The van der Waals surface area contributed by atoms with Gasteiger partial charge in [-0.1, -0.05) is 17.2 Å². The zero-order chi connectivity index (χ0) is 25.8. The van der Waals surface area contributed by atoms with E-state index < -0.39 is 0 Å². The van der Waals surface area contributed by atoms with Gasteiger partial charge in [0, 0.05) is 56.5 Å². The van der Waals surface area contributed by atoms with Crippen molar-refractivity contribution in [2.45, 2.75) is 26.7 Å². The van der Waals surface area contributed by atoms with Gasteiger partial charge in [0.15, 0.2) is 0 Å². The second-order valence-corrected chi connectivity index (χ2v) is 9.69. The van der Waals surface area contributed by atoms with E-state index in [4.69, 9.17) is 9.47 Å². The monoisotopic (exact) mass is 493 g/mol. The quantitative estimate of drug-likeness (QED) is 0.639. The Bertz CT molecular complexity index is 1100. The molecule has 3 amide bonds. The van der Waals surface area contributed by atoms with Crippen LogP contribution < -0.4 is 9.47 Å². The summed E-state index contributed by atoms with van der Waals surface area (Å²) in [5, 5.41) is 0. The Kier molecular flexibility index (Phi) is 7.82. The third-order valence-corrected chi connectivity index (χ3v) is 7.00. The van der Waals surface area contributed by atoms with Gasteiger partial charge in [-0.3, -0.25) is 14.4 Å². The Labute approximate surface area is 212 Å². The van der Waals surface area contributed by atoms with Crippen LogP contribution in [0.5, 0.6) is 11.5 Å². The van der Waals surface area contributed by atoms with E-state index in [1.165, 1.54) is 0 Å². The fraction of sp³-hybridized carbons (Fsp3) is 0.464. The molecule has 0 bridgehead atoms. The van der Waals surface area contributed by atoms with Crippen LogP contribution in [0.3, 0.4) is 0 Å². The maximum absolute atomic E-state index is 13.3. The molecule has 2 aromatic carbocycles. The lowest BCUT2D eigenvalue weighted by atomic mass is 9.95. The van der Waals surface area contributed by atoms with Gasteiger partial charge in [-0.15, -0.1) is 0 Å². The van der Waals surface area contributed by atoms with Crippen molar-refractivity contribution in [3.05, 3.63) is 58.7 Å². The number of nitrogens with zero attached hydrogens (tertiary/aromatic N) is 3. The summed E-state index contributed by atoms with van der Waals surface area (Å²) in [5.74, 6) is 0.861. The lowest BCUT2D eigenvalue weighted by Gasteiger charge is -2.39. The first-order chi connectivity index (χ1) is 17.3. The first kappa shape index (κ1) is 25.5. The molecule has 2 aliphatic rings. The highest BCUT2D eigenvalue weighted by Gasteiger charge is 2.34. The molecule has 8 heteroatoms. The number of amides is 3. The van der Waals surface area contributed by atoms with E-state index in [1.807, 2.05) is 35.8 Å². The molecule has 2 aromatic rings. The summed E-state index contributed by atoms with van der Waals surface area (Å²) >= 11 is 0. The Hall–Kier alpha value is -3.55. The molecular weight excluding hydrogens is 458 g/mol. The van der Waals surface area contributed by atoms with Crippen LogP contribution >= 0.6 is 0 Å². The number of carbonyl (C=O) groups is 3. The minimum atomic E-state index is -0.210. The molecule has 0 spiro atoms. The fourth-order valence-corrected chi connectivity index (χ4v) is 5.15. The van der Waals surface area contributed by atoms with Gasteiger partial charge >= 0.3 is 0 Å². The standard InChI is InChI=1S/C28H35N3O5/c1-19-12-20(2)14-22(13-19)28(34)31-7-5-6-21(18-31)26(32)29-8-10-30(11-9-29)27(33)23-15-24(35-3)17-25(16-23)36-4/h12-17,21H,5-11,18H2,1-4H3. The van der Waals surface area contributed by atoms with Gasteiger partial charge in [0.2, 0.25) is 5.91 Å². The predicted molar refractivity (Wildman–Crippen MR) is 137 cm³/mol. The number of piperazine rings is 1. The summed E-state index contributed by atoms with van der Waals surface area (Å²) in [6.45, 7) is 6.96. The molecule has 1 atom stereocenters. The van der Waals surface area contributed by atoms with Crippen LogP contribution in [-0.4, -0.2) is 85.9 Å². The number of carbonyl (C=O) groups excluding carboxylic acids is 3. The molecule has 4 rings (SSSR count). The molecule has 0 N–H and O–H groups in total. The van der Waals surface area contributed by atoms with E-state index in [0.717, 1.165) is 24.0 Å². The predicted octanol–water partition coefficient (Wildman–Crippen LogP) is 3.16. The lowest BCUT2D eigenvalue weighted by molar-refractivity contribution is -0.138. The second kappa shape index (κ2) is 11.0. The van der Waals surface area contributed by atoms with Crippen molar-refractivity contribution in [3.63, 3.8) is 0 Å². The highest BCUT2D eigenvalue weighted by Crippen LogP contribution is 2.25. The molecular formula is C28H35N3O5. The number of piperidine rings is 1. The van der Waals surface area contributed by atoms with Crippen LogP contribution in [-0.2, 0) is 4.79 Å². The molecule has 36 heavy (non-hydrogen) atoms. The summed E-state index contributed by atoms with van der Waals surface area (Å²) in [7, 11) is 3.10. The summed E-state index contributed by atoms with van der Waals surface area (Å²) in [4.78, 5) is 45.0. The van der Waals surface area contributed by atoms with Crippen molar-refractivity contribution in [3.8, 4) is 11.5 Å². The van der Waals surface area contributed by atoms with Gasteiger partial charge in [-0.2, -0.15) is 0 Å². The number of rotatable bonds is 5. The fourth-order valence-electron chi connectivity index (χ4n) is 5.15. The van der Waals surface area contributed by atoms with Gasteiger partial charge in [-0.25, -0.2) is 0 Å². The summed E-state index contributed by atoms with van der Waals surface area (Å²) in [5.41, 5.74) is 3.30. The number of aryl methyl sites for hydroxylation is 2. The highest BCUT2D eigenvalue weighted by atomic mass is 16.5. The average Bonchev–Trinajstić information content (AvgIpc) is 2.91. The molecule has 2 heterocycles. The molecule has 2 aliphatic heterocycles. The minimum Gasteiger partial charge on any atom is -0.497 e. The van der Waals surface area contributed by atoms with E-state index in [0.29, 0.717) is 61.9 Å². The topological polar surface area (TPSA) is 79.4 Å². The number of hydrogen-bond donors (Lipinski definition) is 0. The van der Waals surface area contributed by atoms with Crippen LogP contribution in [0.15, 0.2) is 36.4 Å². The van der Waals surface area contributed by atoms with Crippen molar-refractivity contribution in [1.82, 2.24) is 14.7 Å². The number of benzene rings is 2. The number of methoxy groups -OCH3 is 2. The highest BCUT2D eigenvalue weighted by molar-refractivity contribution is 5.96. The molecule has 1 unspecified atom stereocenters. The van der Waals surface area contributed by atoms with E-state index in [1.54, 1.807) is 37.3 Å². The van der Waals surface area contributed by atoms with E-state index >= 15 is 0 Å². The largest absolute Gasteiger partial charge is 0.497 e. The van der Waals surface area contributed by atoms with Gasteiger partial charge < -0.3 is 24.2 Å². The zero-order valence-corrected chi connectivity index (χ0v) is 21.6. The summed E-state index contributed by atoms with van der Waals surface area (Å²) in [6, 6.07) is 11.0. The van der Waals surface area contributed by atoms with Gasteiger partial charge in [0.05, 0.1) is 20.1 Å². The molecule has 2 saturated heterocycles. The van der Waals surface area contributed by atoms with Crippen LogP contribution in [0.1, 0.15) is 44.7 Å². The smallest absolute Gasteiger partial charge is 0.254 e. The molecule has 0 aromatic heterocycles. The molecule has 192 valence electrons. The van der Waals surface area contributed by atoms with E-state index in [2.05, 4.69) is 6.07 Å².